The zero-order valence-corrected chi connectivity index (χ0v) is 16.2. The fraction of sp³-hybridized carbons (Fsp3) is 0.333. The topological polar surface area (TPSA) is 76.7 Å². The molecule has 0 saturated heterocycles. The molecule has 0 saturated carbocycles. The van der Waals surface area contributed by atoms with Crippen LogP contribution in [0.1, 0.15) is 23.1 Å². The molecule has 0 aromatic heterocycles. The van der Waals surface area contributed by atoms with Gasteiger partial charge in [0.15, 0.2) is 11.5 Å². The van der Waals surface area contributed by atoms with E-state index in [1.54, 1.807) is 14.2 Å². The van der Waals surface area contributed by atoms with Gasteiger partial charge in [-0.15, -0.1) is 0 Å². The Kier molecular flexibility index (Phi) is 7.23. The standard InChI is InChI=1S/C21H26N2O4/c1-14-5-7-17(15(2)11-14)23-21(25)13-20(24)22-10-9-16-6-8-18(26-3)19(12-16)27-4/h5-8,11-12H,9-10,13H2,1-4H3,(H,22,24)(H,23,25). The molecule has 0 fully saturated rings. The highest BCUT2D eigenvalue weighted by molar-refractivity contribution is 6.03. The van der Waals surface area contributed by atoms with E-state index in [4.69, 9.17) is 9.47 Å². The van der Waals surface area contributed by atoms with E-state index in [0.717, 1.165) is 22.4 Å². The van der Waals surface area contributed by atoms with Crippen molar-refractivity contribution in [2.75, 3.05) is 26.1 Å². The summed E-state index contributed by atoms with van der Waals surface area (Å²) in [6.07, 6.45) is 0.421. The van der Waals surface area contributed by atoms with Gasteiger partial charge in [0.25, 0.3) is 0 Å². The predicted octanol–water partition coefficient (Wildman–Crippen LogP) is 3.01. The Labute approximate surface area is 159 Å². The van der Waals surface area contributed by atoms with Crippen LogP contribution in [0.3, 0.4) is 0 Å². The lowest BCUT2D eigenvalue weighted by Crippen LogP contribution is -2.29. The molecule has 0 heterocycles. The van der Waals surface area contributed by atoms with Gasteiger partial charge in [-0.2, -0.15) is 0 Å². The normalized spacial score (nSPS) is 10.2. The third-order valence-corrected chi connectivity index (χ3v) is 4.16. The van der Waals surface area contributed by atoms with Crippen molar-refractivity contribution in [2.45, 2.75) is 26.7 Å². The summed E-state index contributed by atoms with van der Waals surface area (Å²) in [7, 11) is 3.17. The first-order valence-corrected chi connectivity index (χ1v) is 8.77. The molecular formula is C21H26N2O4. The summed E-state index contributed by atoms with van der Waals surface area (Å²) in [6, 6.07) is 11.4. The fourth-order valence-corrected chi connectivity index (χ4v) is 2.74. The summed E-state index contributed by atoms with van der Waals surface area (Å²) in [4.78, 5) is 24.0. The van der Waals surface area contributed by atoms with Crippen LogP contribution in [0.2, 0.25) is 0 Å². The Morgan fingerprint density at radius 3 is 2.33 bits per heavy atom. The molecule has 144 valence electrons. The van der Waals surface area contributed by atoms with Gasteiger partial charge in [-0.05, 0) is 49.6 Å². The Bertz CT molecular complexity index is 818. The molecule has 6 nitrogen and oxygen atoms in total. The number of hydrogen-bond acceptors (Lipinski definition) is 4. The molecule has 0 spiro atoms. The van der Waals surface area contributed by atoms with Crippen molar-refractivity contribution >= 4 is 17.5 Å². The zero-order valence-electron chi connectivity index (χ0n) is 16.2. The molecule has 2 N–H and O–H groups in total. The quantitative estimate of drug-likeness (QED) is 0.701. The van der Waals surface area contributed by atoms with Crippen LogP contribution < -0.4 is 20.1 Å². The van der Waals surface area contributed by atoms with Crippen LogP contribution in [0.5, 0.6) is 11.5 Å². The molecule has 0 aliphatic rings. The first kappa shape index (κ1) is 20.3. The Balaban J connectivity index is 1.79. The Morgan fingerprint density at radius 2 is 1.67 bits per heavy atom. The van der Waals surface area contributed by atoms with E-state index >= 15 is 0 Å². The predicted molar refractivity (Wildman–Crippen MR) is 105 cm³/mol. The van der Waals surface area contributed by atoms with Crippen molar-refractivity contribution in [1.82, 2.24) is 5.32 Å². The molecule has 0 atom stereocenters. The number of anilines is 1. The number of ether oxygens (including phenoxy) is 2. The summed E-state index contributed by atoms with van der Waals surface area (Å²) in [5.74, 6) is 0.672. The Morgan fingerprint density at radius 1 is 0.926 bits per heavy atom. The summed E-state index contributed by atoms with van der Waals surface area (Å²) < 4.78 is 10.5. The highest BCUT2D eigenvalue weighted by Crippen LogP contribution is 2.27. The van der Waals surface area contributed by atoms with Gasteiger partial charge >= 0.3 is 0 Å². The van der Waals surface area contributed by atoms with Crippen LogP contribution in [0.25, 0.3) is 0 Å². The Hall–Kier alpha value is -3.02. The van der Waals surface area contributed by atoms with Crippen molar-refractivity contribution < 1.29 is 19.1 Å². The van der Waals surface area contributed by atoms with Gasteiger partial charge in [0.2, 0.25) is 11.8 Å². The molecule has 0 aliphatic heterocycles. The van der Waals surface area contributed by atoms with Gasteiger partial charge in [-0.25, -0.2) is 0 Å². The van der Waals surface area contributed by atoms with Crippen LogP contribution >= 0.6 is 0 Å². The van der Waals surface area contributed by atoms with E-state index in [-0.39, 0.29) is 18.2 Å². The summed E-state index contributed by atoms with van der Waals surface area (Å²) >= 11 is 0. The first-order chi connectivity index (χ1) is 12.9. The fourth-order valence-electron chi connectivity index (χ4n) is 2.74. The minimum Gasteiger partial charge on any atom is -0.493 e. The monoisotopic (exact) mass is 370 g/mol. The molecule has 6 heteroatoms. The van der Waals surface area contributed by atoms with Crippen molar-refractivity contribution in [2.24, 2.45) is 0 Å². The second-order valence-electron chi connectivity index (χ2n) is 6.33. The second-order valence-corrected chi connectivity index (χ2v) is 6.33. The maximum Gasteiger partial charge on any atom is 0.233 e. The van der Waals surface area contributed by atoms with E-state index in [9.17, 15) is 9.59 Å². The SMILES string of the molecule is COc1ccc(CCNC(=O)CC(=O)Nc2ccc(C)cc2C)cc1OC. The van der Waals surface area contributed by atoms with Gasteiger partial charge in [0, 0.05) is 12.2 Å². The third-order valence-electron chi connectivity index (χ3n) is 4.16. The van der Waals surface area contributed by atoms with Crippen molar-refractivity contribution in [3.05, 3.63) is 53.1 Å². The van der Waals surface area contributed by atoms with E-state index in [2.05, 4.69) is 10.6 Å². The maximum atomic E-state index is 12.0. The third kappa shape index (κ3) is 6.02. The van der Waals surface area contributed by atoms with Crippen LogP contribution in [0.4, 0.5) is 5.69 Å². The molecule has 0 aliphatic carbocycles. The van der Waals surface area contributed by atoms with Crippen LogP contribution in [0, 0.1) is 13.8 Å². The van der Waals surface area contributed by atoms with Crippen LogP contribution in [0.15, 0.2) is 36.4 Å². The molecule has 2 aromatic carbocycles. The van der Waals surface area contributed by atoms with Gasteiger partial charge in [0.05, 0.1) is 14.2 Å². The summed E-state index contributed by atoms with van der Waals surface area (Å²) in [5, 5.41) is 5.54. The van der Waals surface area contributed by atoms with Gasteiger partial charge in [-0.1, -0.05) is 23.8 Å². The van der Waals surface area contributed by atoms with E-state index in [1.807, 2.05) is 50.2 Å². The molecule has 2 amide bonds. The van der Waals surface area contributed by atoms with E-state index in [1.165, 1.54) is 0 Å². The van der Waals surface area contributed by atoms with Crippen LogP contribution in [-0.2, 0) is 16.0 Å². The van der Waals surface area contributed by atoms with Crippen molar-refractivity contribution in [3.63, 3.8) is 0 Å². The summed E-state index contributed by atoms with van der Waals surface area (Å²) in [5.41, 5.74) is 3.83. The zero-order chi connectivity index (χ0) is 19.8. The average Bonchev–Trinajstić information content (AvgIpc) is 2.63. The minimum atomic E-state index is -0.328. The second kappa shape index (κ2) is 9.62. The van der Waals surface area contributed by atoms with E-state index in [0.29, 0.717) is 24.5 Å². The van der Waals surface area contributed by atoms with E-state index < -0.39 is 0 Å². The molecule has 0 unspecified atom stereocenters. The largest absolute Gasteiger partial charge is 0.493 e. The number of rotatable bonds is 8. The minimum absolute atomic E-state index is 0.209. The summed E-state index contributed by atoms with van der Waals surface area (Å²) in [6.45, 7) is 4.35. The molecule has 27 heavy (non-hydrogen) atoms. The maximum absolute atomic E-state index is 12.0. The van der Waals surface area contributed by atoms with Gasteiger partial charge < -0.3 is 20.1 Å². The number of carbonyl (C=O) groups is 2. The lowest BCUT2D eigenvalue weighted by atomic mass is 10.1. The van der Waals surface area contributed by atoms with Crippen molar-refractivity contribution in [1.29, 1.82) is 0 Å². The molecular weight excluding hydrogens is 344 g/mol. The molecule has 0 radical (unpaired) electrons. The number of benzene rings is 2. The smallest absolute Gasteiger partial charge is 0.233 e. The molecule has 2 aromatic rings. The highest BCUT2D eigenvalue weighted by Gasteiger charge is 2.11. The lowest BCUT2D eigenvalue weighted by molar-refractivity contribution is -0.126. The molecule has 0 bridgehead atoms. The van der Waals surface area contributed by atoms with Gasteiger partial charge in [-0.3, -0.25) is 9.59 Å². The van der Waals surface area contributed by atoms with Crippen molar-refractivity contribution in [3.8, 4) is 11.5 Å². The number of amides is 2. The van der Waals surface area contributed by atoms with Crippen LogP contribution in [-0.4, -0.2) is 32.6 Å². The number of methoxy groups -OCH3 is 2. The number of carbonyl (C=O) groups excluding carboxylic acids is 2. The lowest BCUT2D eigenvalue weighted by Gasteiger charge is -2.11. The number of nitrogens with one attached hydrogen (secondary N) is 2. The molecule has 2 rings (SSSR count). The number of hydrogen-bond donors (Lipinski definition) is 2. The highest BCUT2D eigenvalue weighted by atomic mass is 16.5. The average molecular weight is 370 g/mol. The van der Waals surface area contributed by atoms with Gasteiger partial charge in [0.1, 0.15) is 6.42 Å². The first-order valence-electron chi connectivity index (χ1n) is 8.77. The number of aryl methyl sites for hydroxylation is 2.